The van der Waals surface area contributed by atoms with Crippen LogP contribution >= 0.6 is 11.3 Å². The Morgan fingerprint density at radius 3 is 2.78 bits per heavy atom. The molecule has 0 unspecified atom stereocenters. The van der Waals surface area contributed by atoms with Gasteiger partial charge >= 0.3 is 0 Å². The number of rotatable bonds is 4. The molecule has 0 aliphatic carbocycles. The molecule has 3 rings (SSSR count). The highest BCUT2D eigenvalue weighted by molar-refractivity contribution is 7.12. The number of aryl methyl sites for hydroxylation is 1. The van der Waals surface area contributed by atoms with Crippen molar-refractivity contribution >= 4 is 23.2 Å². The van der Waals surface area contributed by atoms with E-state index in [2.05, 4.69) is 4.98 Å². The summed E-state index contributed by atoms with van der Waals surface area (Å²) in [4.78, 5) is 16.4. The molecule has 0 saturated carbocycles. The van der Waals surface area contributed by atoms with Crippen LogP contribution in [0.1, 0.15) is 27.3 Å². The first-order valence-corrected chi connectivity index (χ1v) is 8.01. The van der Waals surface area contributed by atoms with Crippen molar-refractivity contribution in [3.05, 3.63) is 76.3 Å². The first-order chi connectivity index (χ1) is 11.1. The predicted octanol–water partition coefficient (Wildman–Crippen LogP) is 4.59. The average Bonchev–Trinajstić information content (AvgIpc) is 3.13. The zero-order valence-corrected chi connectivity index (χ0v) is 13.6. The molecule has 0 aliphatic rings. The fourth-order valence-corrected chi connectivity index (χ4v) is 3.24. The number of allylic oxidation sites excluding steroid dienone is 1. The molecule has 23 heavy (non-hydrogen) atoms. The van der Waals surface area contributed by atoms with Crippen LogP contribution in [-0.2, 0) is 0 Å². The summed E-state index contributed by atoms with van der Waals surface area (Å²) >= 11 is 1.55. The molecule has 1 aromatic carbocycles. The maximum Gasteiger partial charge on any atom is 0.193 e. The number of hydrogen-bond donors (Lipinski definition) is 0. The van der Waals surface area contributed by atoms with Crippen LogP contribution in [0.4, 0.5) is 4.39 Å². The highest BCUT2D eigenvalue weighted by atomic mass is 32.1. The predicted molar refractivity (Wildman–Crippen MR) is 90.7 cm³/mol. The Hall–Kier alpha value is -2.53. The quantitative estimate of drug-likeness (QED) is 0.519. The van der Waals surface area contributed by atoms with E-state index in [9.17, 15) is 9.18 Å². The molecule has 0 radical (unpaired) electrons. The number of carbonyl (C=O) groups excluding carboxylic acids is 1. The molecule has 0 aliphatic heterocycles. The van der Waals surface area contributed by atoms with Crippen LogP contribution in [0.3, 0.4) is 0 Å². The number of carbonyl (C=O) groups is 1. The third-order valence-corrected chi connectivity index (χ3v) is 4.39. The lowest BCUT2D eigenvalue weighted by atomic mass is 10.1. The van der Waals surface area contributed by atoms with Gasteiger partial charge in [0.2, 0.25) is 0 Å². The second kappa shape index (κ2) is 6.30. The van der Waals surface area contributed by atoms with Crippen molar-refractivity contribution in [2.24, 2.45) is 0 Å². The standard InChI is InChI=1S/C18H15FN2OS/c1-12-11-14(13(2)21(12)18-20-9-10-23-18)7-8-17(22)15-5-3-4-6-16(15)19/h3-11H,1-2H3/b8-7+. The van der Waals surface area contributed by atoms with E-state index in [1.165, 1.54) is 18.2 Å². The third kappa shape index (κ3) is 3.00. The number of nitrogens with zero attached hydrogens (tertiary/aromatic N) is 2. The molecule has 0 spiro atoms. The number of benzene rings is 1. The molecule has 2 aromatic heterocycles. The molecule has 2 heterocycles. The average molecular weight is 326 g/mol. The summed E-state index contributed by atoms with van der Waals surface area (Å²) in [5, 5.41) is 2.81. The molecule has 0 N–H and O–H groups in total. The minimum absolute atomic E-state index is 0.0810. The maximum atomic E-state index is 13.6. The molecule has 3 aromatic rings. The van der Waals surface area contributed by atoms with Gasteiger partial charge in [0, 0.05) is 23.0 Å². The van der Waals surface area contributed by atoms with Crippen LogP contribution in [0.5, 0.6) is 0 Å². The minimum atomic E-state index is -0.504. The lowest BCUT2D eigenvalue weighted by molar-refractivity contribution is 0.104. The summed E-state index contributed by atoms with van der Waals surface area (Å²) in [6.07, 6.45) is 4.89. The Morgan fingerprint density at radius 2 is 2.09 bits per heavy atom. The lowest BCUT2D eigenvalue weighted by Gasteiger charge is -2.04. The summed E-state index contributed by atoms with van der Waals surface area (Å²) in [7, 11) is 0. The second-order valence-electron chi connectivity index (χ2n) is 5.15. The molecule has 3 nitrogen and oxygen atoms in total. The topological polar surface area (TPSA) is 34.9 Å². The van der Waals surface area contributed by atoms with E-state index >= 15 is 0 Å². The monoisotopic (exact) mass is 326 g/mol. The molecule has 0 fully saturated rings. The smallest absolute Gasteiger partial charge is 0.193 e. The molecule has 116 valence electrons. The Balaban J connectivity index is 1.91. The molecule has 0 amide bonds. The van der Waals surface area contributed by atoms with E-state index in [0.29, 0.717) is 0 Å². The summed E-state index contributed by atoms with van der Waals surface area (Å²) in [6.45, 7) is 3.96. The van der Waals surface area contributed by atoms with Gasteiger partial charge in [-0.05, 0) is 49.8 Å². The van der Waals surface area contributed by atoms with Crippen LogP contribution in [0.25, 0.3) is 11.2 Å². The molecular formula is C18H15FN2OS. The Morgan fingerprint density at radius 1 is 1.30 bits per heavy atom. The van der Waals surface area contributed by atoms with Gasteiger partial charge in [-0.3, -0.25) is 9.36 Å². The summed E-state index contributed by atoms with van der Waals surface area (Å²) in [5.74, 6) is -0.849. The third-order valence-electron chi connectivity index (χ3n) is 3.63. The molecule has 5 heteroatoms. The highest BCUT2D eigenvalue weighted by Crippen LogP contribution is 2.23. The van der Waals surface area contributed by atoms with Gasteiger partial charge in [0.25, 0.3) is 0 Å². The summed E-state index contributed by atoms with van der Waals surface area (Å²) < 4.78 is 15.7. The van der Waals surface area contributed by atoms with Gasteiger partial charge in [0.15, 0.2) is 10.9 Å². The number of aromatic nitrogens is 2. The van der Waals surface area contributed by atoms with E-state index in [1.807, 2.05) is 29.9 Å². The van der Waals surface area contributed by atoms with Gasteiger partial charge < -0.3 is 0 Å². The zero-order valence-electron chi connectivity index (χ0n) is 12.8. The van der Waals surface area contributed by atoms with E-state index < -0.39 is 5.82 Å². The minimum Gasteiger partial charge on any atom is -0.294 e. The van der Waals surface area contributed by atoms with Crippen LogP contribution < -0.4 is 0 Å². The van der Waals surface area contributed by atoms with Gasteiger partial charge in [-0.25, -0.2) is 9.37 Å². The number of ketones is 1. The van der Waals surface area contributed by atoms with Crippen LogP contribution in [0, 0.1) is 19.7 Å². The number of hydrogen-bond acceptors (Lipinski definition) is 3. The van der Waals surface area contributed by atoms with Gasteiger partial charge in [0.05, 0.1) is 5.56 Å². The normalized spacial score (nSPS) is 11.3. The SMILES string of the molecule is Cc1cc(/C=C/C(=O)c2ccccc2F)c(C)n1-c1nccs1. The Kier molecular flexibility index (Phi) is 4.21. The van der Waals surface area contributed by atoms with Crippen LogP contribution in [-0.4, -0.2) is 15.3 Å². The van der Waals surface area contributed by atoms with Gasteiger partial charge in [0.1, 0.15) is 5.82 Å². The van der Waals surface area contributed by atoms with Crippen molar-refractivity contribution in [3.63, 3.8) is 0 Å². The molecule has 0 bridgehead atoms. The van der Waals surface area contributed by atoms with Crippen molar-refractivity contribution in [3.8, 4) is 5.13 Å². The van der Waals surface area contributed by atoms with E-state index in [0.717, 1.165) is 22.1 Å². The van der Waals surface area contributed by atoms with E-state index in [-0.39, 0.29) is 11.3 Å². The zero-order chi connectivity index (χ0) is 16.4. The summed E-state index contributed by atoms with van der Waals surface area (Å²) in [6, 6.07) is 7.98. The largest absolute Gasteiger partial charge is 0.294 e. The van der Waals surface area contributed by atoms with Crippen molar-refractivity contribution in [1.29, 1.82) is 0 Å². The second-order valence-corrected chi connectivity index (χ2v) is 6.03. The highest BCUT2D eigenvalue weighted by Gasteiger charge is 2.12. The van der Waals surface area contributed by atoms with E-state index in [1.54, 1.807) is 35.7 Å². The first-order valence-electron chi connectivity index (χ1n) is 7.13. The van der Waals surface area contributed by atoms with E-state index in [4.69, 9.17) is 0 Å². The number of halogens is 1. The van der Waals surface area contributed by atoms with Gasteiger partial charge in [-0.1, -0.05) is 12.1 Å². The first kappa shape index (κ1) is 15.4. The fourth-order valence-electron chi connectivity index (χ4n) is 2.49. The lowest BCUT2D eigenvalue weighted by Crippen LogP contribution is -1.99. The van der Waals surface area contributed by atoms with Gasteiger partial charge in [-0.2, -0.15) is 0 Å². The van der Waals surface area contributed by atoms with Crippen molar-refractivity contribution in [2.45, 2.75) is 13.8 Å². The van der Waals surface area contributed by atoms with Crippen molar-refractivity contribution in [1.82, 2.24) is 9.55 Å². The van der Waals surface area contributed by atoms with Crippen molar-refractivity contribution < 1.29 is 9.18 Å². The van der Waals surface area contributed by atoms with Gasteiger partial charge in [-0.15, -0.1) is 11.3 Å². The maximum absolute atomic E-state index is 13.6. The fraction of sp³-hybridized carbons (Fsp3) is 0.111. The number of thiazole rings is 1. The molecule has 0 saturated heterocycles. The van der Waals surface area contributed by atoms with Crippen LogP contribution in [0.2, 0.25) is 0 Å². The van der Waals surface area contributed by atoms with Crippen LogP contribution in [0.15, 0.2) is 48.0 Å². The molecule has 0 atom stereocenters. The Labute approximate surface area is 137 Å². The summed E-state index contributed by atoms with van der Waals surface area (Å²) in [5.41, 5.74) is 3.03. The Bertz CT molecular complexity index is 879. The van der Waals surface area contributed by atoms with Crippen molar-refractivity contribution in [2.75, 3.05) is 0 Å². The molecular weight excluding hydrogens is 311 g/mol.